The molecule has 4 rings (SSSR count). The van der Waals surface area contributed by atoms with E-state index in [9.17, 15) is 13.2 Å². The molecule has 1 N–H and O–H groups in total. The lowest BCUT2D eigenvalue weighted by molar-refractivity contribution is -0.118. The van der Waals surface area contributed by atoms with Crippen LogP contribution in [0, 0.1) is 0 Å². The number of carbonyl (C=O) groups excluding carboxylic acids is 1. The zero-order valence-electron chi connectivity index (χ0n) is 18.9. The second kappa shape index (κ2) is 9.40. The molecule has 0 spiro atoms. The molecular weight excluding hydrogens is 436 g/mol. The molecule has 1 aliphatic carbocycles. The Morgan fingerprint density at radius 2 is 1.94 bits per heavy atom. The lowest BCUT2D eigenvalue weighted by atomic mass is 9.67. The number of nitrogens with zero attached hydrogens (tertiary/aromatic N) is 1. The number of hydrogen-bond acceptors (Lipinski definition) is 8. The number of carbonyl (C=O) groups is 1. The van der Waals surface area contributed by atoms with Crippen molar-refractivity contribution in [3.8, 4) is 0 Å². The Morgan fingerprint density at radius 1 is 1.19 bits per heavy atom. The molecule has 10 heteroatoms. The lowest BCUT2D eigenvalue weighted by Gasteiger charge is -2.41. The normalized spacial score (nSPS) is 24.6. The fourth-order valence-electron chi connectivity index (χ4n) is 4.58. The van der Waals surface area contributed by atoms with E-state index in [0.29, 0.717) is 39.3 Å². The average Bonchev–Trinajstić information content (AvgIpc) is 3.23. The first-order chi connectivity index (χ1) is 15.2. The number of hydrogen-bond donors (Lipinski definition) is 1. The first kappa shape index (κ1) is 23.7. The first-order valence-electron chi connectivity index (χ1n) is 11.5. The summed E-state index contributed by atoms with van der Waals surface area (Å²) >= 11 is 0. The zero-order valence-corrected chi connectivity index (χ0v) is 19.7. The van der Waals surface area contributed by atoms with Crippen molar-refractivity contribution in [1.29, 1.82) is 0 Å². The molecule has 2 aliphatic heterocycles. The summed E-state index contributed by atoms with van der Waals surface area (Å²) in [6, 6.07) is 1.70. The standard InChI is InChI=1S/C22H34N2O7S/c1-21(2,32(26,27)17-6-11-28-12-7-17)20(25)23-19-13-18(24-31-19)22(8-4-9-22)15-30-16-5-3-10-29-14-16/h13,16-17H,3-12,14-15H2,1-2H3,(H,23,25). The Labute approximate surface area is 189 Å². The zero-order chi connectivity index (χ0) is 22.8. The Bertz CT molecular complexity index is 895. The number of aromatic nitrogens is 1. The summed E-state index contributed by atoms with van der Waals surface area (Å²) < 4.78 is 46.9. The highest BCUT2D eigenvalue weighted by atomic mass is 32.2. The predicted octanol–water partition coefficient (Wildman–Crippen LogP) is 2.60. The van der Waals surface area contributed by atoms with E-state index in [1.165, 1.54) is 13.8 Å². The molecule has 0 aromatic carbocycles. The number of sulfone groups is 1. The van der Waals surface area contributed by atoms with Gasteiger partial charge in [0.1, 0.15) is 4.75 Å². The summed E-state index contributed by atoms with van der Waals surface area (Å²) in [5.74, 6) is -0.461. The van der Waals surface area contributed by atoms with Crippen molar-refractivity contribution >= 4 is 21.6 Å². The molecule has 180 valence electrons. The molecule has 2 saturated heterocycles. The first-order valence-corrected chi connectivity index (χ1v) is 13.1. The molecule has 1 aromatic heterocycles. The summed E-state index contributed by atoms with van der Waals surface area (Å²) in [5, 5.41) is 6.25. The molecule has 3 fully saturated rings. The van der Waals surface area contributed by atoms with E-state index in [4.69, 9.17) is 18.7 Å². The van der Waals surface area contributed by atoms with Gasteiger partial charge in [0.15, 0.2) is 9.84 Å². The molecule has 1 amide bonds. The molecule has 3 heterocycles. The fourth-order valence-corrected chi connectivity index (χ4v) is 6.53. The topological polar surface area (TPSA) is 117 Å². The molecule has 1 unspecified atom stereocenters. The molecular formula is C22H34N2O7S. The van der Waals surface area contributed by atoms with Gasteiger partial charge in [-0.05, 0) is 52.4 Å². The molecule has 0 bridgehead atoms. The van der Waals surface area contributed by atoms with Crippen LogP contribution in [0.25, 0.3) is 0 Å². The smallest absolute Gasteiger partial charge is 0.247 e. The maximum absolute atomic E-state index is 13.1. The van der Waals surface area contributed by atoms with Gasteiger partial charge in [-0.15, -0.1) is 0 Å². The molecule has 1 atom stereocenters. The summed E-state index contributed by atoms with van der Waals surface area (Å²) in [6.45, 7) is 5.61. The van der Waals surface area contributed by atoms with Crippen LogP contribution in [0.15, 0.2) is 10.6 Å². The van der Waals surface area contributed by atoms with Crippen LogP contribution in [-0.4, -0.2) is 68.6 Å². The van der Waals surface area contributed by atoms with Crippen molar-refractivity contribution < 1.29 is 31.9 Å². The van der Waals surface area contributed by atoms with Crippen molar-refractivity contribution in [2.75, 3.05) is 38.4 Å². The van der Waals surface area contributed by atoms with Gasteiger partial charge in [-0.3, -0.25) is 10.1 Å². The summed E-state index contributed by atoms with van der Waals surface area (Å²) in [6.07, 6.45) is 5.85. The number of ether oxygens (including phenoxy) is 3. The third-order valence-electron chi connectivity index (χ3n) is 7.18. The van der Waals surface area contributed by atoms with Crippen LogP contribution in [0.2, 0.25) is 0 Å². The lowest BCUT2D eigenvalue weighted by Crippen LogP contribution is -2.50. The van der Waals surface area contributed by atoms with E-state index < -0.39 is 25.7 Å². The third kappa shape index (κ3) is 4.60. The largest absolute Gasteiger partial charge is 0.381 e. The van der Waals surface area contributed by atoms with E-state index >= 15 is 0 Å². The summed E-state index contributed by atoms with van der Waals surface area (Å²) in [7, 11) is -3.70. The minimum absolute atomic E-state index is 0.100. The van der Waals surface area contributed by atoms with Crippen LogP contribution in [0.1, 0.15) is 64.5 Å². The van der Waals surface area contributed by atoms with Crippen LogP contribution in [-0.2, 0) is 34.3 Å². The highest BCUT2D eigenvalue weighted by Crippen LogP contribution is 2.44. The Hall–Kier alpha value is -1.49. The van der Waals surface area contributed by atoms with E-state index in [1.807, 2.05) is 0 Å². The van der Waals surface area contributed by atoms with Crippen molar-refractivity contribution in [3.63, 3.8) is 0 Å². The van der Waals surface area contributed by atoms with Crippen molar-refractivity contribution in [3.05, 3.63) is 11.8 Å². The van der Waals surface area contributed by atoms with Gasteiger partial charge in [0.2, 0.25) is 11.8 Å². The molecule has 3 aliphatic rings. The minimum atomic E-state index is -3.70. The SMILES string of the molecule is CC(C)(C(=O)Nc1cc(C2(COC3CCCOC3)CCC2)no1)S(=O)(=O)C1CCOCC1. The molecule has 32 heavy (non-hydrogen) atoms. The second-order valence-corrected chi connectivity index (χ2v) is 12.5. The number of amides is 1. The summed E-state index contributed by atoms with van der Waals surface area (Å²) in [4.78, 5) is 13.0. The number of rotatable bonds is 8. The quantitative estimate of drug-likeness (QED) is 0.616. The van der Waals surface area contributed by atoms with Crippen LogP contribution in [0.5, 0.6) is 0 Å². The van der Waals surface area contributed by atoms with Crippen LogP contribution in [0.3, 0.4) is 0 Å². The Morgan fingerprint density at radius 3 is 2.56 bits per heavy atom. The highest BCUT2D eigenvalue weighted by molar-refractivity contribution is 7.94. The molecule has 1 saturated carbocycles. The number of nitrogens with one attached hydrogen (secondary N) is 1. The maximum Gasteiger partial charge on any atom is 0.247 e. The van der Waals surface area contributed by atoms with Crippen LogP contribution >= 0.6 is 0 Å². The van der Waals surface area contributed by atoms with Gasteiger partial charge in [0.05, 0.1) is 30.3 Å². The van der Waals surface area contributed by atoms with Crippen LogP contribution < -0.4 is 5.32 Å². The van der Waals surface area contributed by atoms with E-state index in [1.54, 1.807) is 6.07 Å². The monoisotopic (exact) mass is 470 g/mol. The Balaban J connectivity index is 1.41. The van der Waals surface area contributed by atoms with E-state index in [2.05, 4.69) is 10.5 Å². The van der Waals surface area contributed by atoms with Gasteiger partial charge in [-0.1, -0.05) is 11.6 Å². The van der Waals surface area contributed by atoms with Gasteiger partial charge in [0, 0.05) is 31.3 Å². The van der Waals surface area contributed by atoms with Crippen molar-refractivity contribution in [2.24, 2.45) is 0 Å². The maximum atomic E-state index is 13.1. The van der Waals surface area contributed by atoms with Crippen LogP contribution in [0.4, 0.5) is 5.88 Å². The Kier molecular flexibility index (Phi) is 6.95. The predicted molar refractivity (Wildman–Crippen MR) is 117 cm³/mol. The van der Waals surface area contributed by atoms with Crippen molar-refractivity contribution in [1.82, 2.24) is 5.16 Å². The average molecular weight is 471 g/mol. The fraction of sp³-hybridized carbons (Fsp3) is 0.818. The van der Waals surface area contributed by atoms with Gasteiger partial charge < -0.3 is 18.7 Å². The van der Waals surface area contributed by atoms with Gasteiger partial charge in [-0.25, -0.2) is 8.42 Å². The second-order valence-electron chi connectivity index (χ2n) is 9.68. The van der Waals surface area contributed by atoms with Gasteiger partial charge in [-0.2, -0.15) is 0 Å². The minimum Gasteiger partial charge on any atom is -0.381 e. The molecule has 0 radical (unpaired) electrons. The third-order valence-corrected chi connectivity index (χ3v) is 10.1. The van der Waals surface area contributed by atoms with E-state index in [0.717, 1.165) is 44.4 Å². The van der Waals surface area contributed by atoms with Crippen molar-refractivity contribution in [2.45, 2.75) is 80.3 Å². The van der Waals surface area contributed by atoms with E-state index in [-0.39, 0.29) is 17.4 Å². The van der Waals surface area contributed by atoms with Gasteiger partial charge in [0.25, 0.3) is 0 Å². The summed E-state index contributed by atoms with van der Waals surface area (Å²) in [5.41, 5.74) is 0.508. The van der Waals surface area contributed by atoms with Gasteiger partial charge >= 0.3 is 0 Å². The molecule has 9 nitrogen and oxygen atoms in total. The highest BCUT2D eigenvalue weighted by Gasteiger charge is 2.47. The molecule has 1 aromatic rings. The number of anilines is 1.